The van der Waals surface area contributed by atoms with Gasteiger partial charge in [0.15, 0.2) is 0 Å². The van der Waals surface area contributed by atoms with Crippen molar-refractivity contribution in [1.29, 1.82) is 0 Å². The van der Waals surface area contributed by atoms with E-state index in [4.69, 9.17) is 9.47 Å². The first kappa shape index (κ1) is 15.8. The molecule has 4 heteroatoms. The molecule has 0 saturated carbocycles. The van der Waals surface area contributed by atoms with E-state index < -0.39 is 24.1 Å². The average Bonchev–Trinajstić information content (AvgIpc) is 2.56. The van der Waals surface area contributed by atoms with Gasteiger partial charge in [-0.3, -0.25) is 0 Å². The Bertz CT molecular complexity index is 565. The predicted molar refractivity (Wildman–Crippen MR) is 82.6 cm³/mol. The first-order valence-electron chi connectivity index (χ1n) is 7.10. The van der Waals surface area contributed by atoms with Crippen molar-refractivity contribution in [2.24, 2.45) is 0 Å². The molecule has 2 aromatic carbocycles. The molecule has 0 heterocycles. The van der Waals surface area contributed by atoms with E-state index in [9.17, 15) is 9.59 Å². The fraction of sp³-hybridized carbons (Fsp3) is 0.222. The van der Waals surface area contributed by atoms with Crippen LogP contribution in [0.25, 0.3) is 0 Å². The second-order valence-corrected chi connectivity index (χ2v) is 4.95. The summed E-state index contributed by atoms with van der Waals surface area (Å²) < 4.78 is 10.6. The standard InChI is InChI=1S/C18H18O4/c1-13(21-17(19)15-9-5-3-6-10-15)14(2)22-18(20)16-11-7-4-8-12-16/h3-14H,1-2H3/t13-,14?/m1/s1. The molecule has 0 fully saturated rings. The van der Waals surface area contributed by atoms with E-state index in [2.05, 4.69) is 0 Å². The molecular formula is C18H18O4. The van der Waals surface area contributed by atoms with E-state index in [0.29, 0.717) is 11.1 Å². The molecule has 0 aliphatic carbocycles. The third kappa shape index (κ3) is 4.19. The summed E-state index contributed by atoms with van der Waals surface area (Å²) in [6.07, 6.45) is -1.08. The maximum atomic E-state index is 12.0. The molecule has 0 amide bonds. The van der Waals surface area contributed by atoms with Gasteiger partial charge in [0.2, 0.25) is 0 Å². The molecule has 4 nitrogen and oxygen atoms in total. The average molecular weight is 298 g/mol. The number of rotatable bonds is 5. The minimum absolute atomic E-state index is 0.435. The molecule has 0 N–H and O–H groups in total. The van der Waals surface area contributed by atoms with Crippen LogP contribution in [0.5, 0.6) is 0 Å². The fourth-order valence-corrected chi connectivity index (χ4v) is 1.81. The first-order chi connectivity index (χ1) is 10.6. The summed E-state index contributed by atoms with van der Waals surface area (Å²) in [5, 5.41) is 0. The molecular weight excluding hydrogens is 280 g/mol. The highest BCUT2D eigenvalue weighted by atomic mass is 16.6. The highest BCUT2D eigenvalue weighted by Crippen LogP contribution is 2.11. The zero-order chi connectivity index (χ0) is 15.9. The molecule has 0 aliphatic heterocycles. The maximum absolute atomic E-state index is 12.0. The zero-order valence-corrected chi connectivity index (χ0v) is 12.6. The van der Waals surface area contributed by atoms with E-state index in [1.807, 2.05) is 12.1 Å². The van der Waals surface area contributed by atoms with Gasteiger partial charge in [-0.25, -0.2) is 9.59 Å². The van der Waals surface area contributed by atoms with Crippen LogP contribution in [-0.4, -0.2) is 24.1 Å². The second-order valence-electron chi connectivity index (χ2n) is 4.95. The SMILES string of the molecule is CC(OC(=O)c1ccccc1)[C@@H](C)OC(=O)c1ccccc1. The van der Waals surface area contributed by atoms with Gasteiger partial charge in [-0.2, -0.15) is 0 Å². The highest BCUT2D eigenvalue weighted by molar-refractivity contribution is 5.90. The van der Waals surface area contributed by atoms with Crippen molar-refractivity contribution in [3.05, 3.63) is 71.8 Å². The van der Waals surface area contributed by atoms with Crippen molar-refractivity contribution in [2.45, 2.75) is 26.1 Å². The molecule has 1 unspecified atom stereocenters. The summed E-state index contributed by atoms with van der Waals surface area (Å²) in [5.74, 6) is -0.869. The van der Waals surface area contributed by atoms with Gasteiger partial charge in [-0.1, -0.05) is 36.4 Å². The van der Waals surface area contributed by atoms with Gasteiger partial charge in [0.1, 0.15) is 12.2 Å². The maximum Gasteiger partial charge on any atom is 0.338 e. The summed E-state index contributed by atoms with van der Waals surface area (Å²) in [6.45, 7) is 3.40. The number of esters is 2. The van der Waals surface area contributed by atoms with Crippen molar-refractivity contribution < 1.29 is 19.1 Å². The summed E-state index contributed by atoms with van der Waals surface area (Å²) in [4.78, 5) is 23.9. The Morgan fingerprint density at radius 1 is 0.682 bits per heavy atom. The molecule has 2 aromatic rings. The Morgan fingerprint density at radius 3 is 1.32 bits per heavy atom. The van der Waals surface area contributed by atoms with Crippen molar-refractivity contribution in [1.82, 2.24) is 0 Å². The molecule has 22 heavy (non-hydrogen) atoms. The predicted octanol–water partition coefficient (Wildman–Crippen LogP) is 3.48. The minimum Gasteiger partial charge on any atom is -0.455 e. The van der Waals surface area contributed by atoms with Gasteiger partial charge < -0.3 is 9.47 Å². The van der Waals surface area contributed by atoms with Gasteiger partial charge in [0, 0.05) is 0 Å². The molecule has 0 aromatic heterocycles. The molecule has 0 saturated heterocycles. The van der Waals surface area contributed by atoms with Crippen molar-refractivity contribution >= 4 is 11.9 Å². The van der Waals surface area contributed by atoms with Crippen LogP contribution in [0.3, 0.4) is 0 Å². The first-order valence-corrected chi connectivity index (χ1v) is 7.10. The topological polar surface area (TPSA) is 52.6 Å². The lowest BCUT2D eigenvalue weighted by molar-refractivity contribution is -0.0239. The van der Waals surface area contributed by atoms with Crippen LogP contribution in [0, 0.1) is 0 Å². The number of hydrogen-bond donors (Lipinski definition) is 0. The number of carbonyl (C=O) groups excluding carboxylic acids is 2. The lowest BCUT2D eigenvalue weighted by atomic mass is 10.2. The number of ether oxygens (including phenoxy) is 2. The normalized spacial score (nSPS) is 13.0. The van der Waals surface area contributed by atoms with E-state index in [0.717, 1.165) is 0 Å². The smallest absolute Gasteiger partial charge is 0.338 e. The molecule has 0 spiro atoms. The lowest BCUT2D eigenvalue weighted by Crippen LogP contribution is -2.30. The quantitative estimate of drug-likeness (QED) is 0.793. The molecule has 0 aliphatic rings. The van der Waals surface area contributed by atoms with Gasteiger partial charge in [-0.05, 0) is 38.1 Å². The Morgan fingerprint density at radius 2 is 1.00 bits per heavy atom. The van der Waals surface area contributed by atoms with E-state index in [1.54, 1.807) is 62.4 Å². The van der Waals surface area contributed by atoms with E-state index in [1.165, 1.54) is 0 Å². The Hall–Kier alpha value is -2.62. The number of benzene rings is 2. The summed E-state index contributed by atoms with van der Waals surface area (Å²) >= 11 is 0. The van der Waals surface area contributed by atoms with Gasteiger partial charge in [0.25, 0.3) is 0 Å². The zero-order valence-electron chi connectivity index (χ0n) is 12.6. The van der Waals surface area contributed by atoms with E-state index in [-0.39, 0.29) is 0 Å². The van der Waals surface area contributed by atoms with E-state index >= 15 is 0 Å². The van der Waals surface area contributed by atoms with Crippen molar-refractivity contribution in [2.75, 3.05) is 0 Å². The van der Waals surface area contributed by atoms with Gasteiger partial charge >= 0.3 is 11.9 Å². The molecule has 2 atom stereocenters. The number of carbonyl (C=O) groups is 2. The Balaban J connectivity index is 1.91. The van der Waals surface area contributed by atoms with Crippen LogP contribution >= 0.6 is 0 Å². The van der Waals surface area contributed by atoms with Crippen LogP contribution in [0.2, 0.25) is 0 Å². The minimum atomic E-state index is -0.541. The largest absolute Gasteiger partial charge is 0.455 e. The highest BCUT2D eigenvalue weighted by Gasteiger charge is 2.21. The molecule has 114 valence electrons. The summed E-state index contributed by atoms with van der Waals surface area (Å²) in [7, 11) is 0. The van der Waals surface area contributed by atoms with Gasteiger partial charge in [0.05, 0.1) is 11.1 Å². The lowest BCUT2D eigenvalue weighted by Gasteiger charge is -2.20. The molecule has 2 rings (SSSR count). The van der Waals surface area contributed by atoms with Gasteiger partial charge in [-0.15, -0.1) is 0 Å². The van der Waals surface area contributed by atoms with Crippen molar-refractivity contribution in [3.63, 3.8) is 0 Å². The van der Waals surface area contributed by atoms with Crippen LogP contribution < -0.4 is 0 Å². The summed E-state index contributed by atoms with van der Waals surface area (Å²) in [5.41, 5.74) is 0.937. The van der Waals surface area contributed by atoms with Crippen LogP contribution in [-0.2, 0) is 9.47 Å². The molecule has 0 bridgehead atoms. The Labute approximate surface area is 129 Å². The fourth-order valence-electron chi connectivity index (χ4n) is 1.81. The third-order valence-corrected chi connectivity index (χ3v) is 3.27. The number of hydrogen-bond acceptors (Lipinski definition) is 4. The summed E-state index contributed by atoms with van der Waals surface area (Å²) in [6, 6.07) is 17.4. The second kappa shape index (κ2) is 7.41. The van der Waals surface area contributed by atoms with Crippen LogP contribution in [0.15, 0.2) is 60.7 Å². The monoisotopic (exact) mass is 298 g/mol. The van der Waals surface area contributed by atoms with Crippen molar-refractivity contribution in [3.8, 4) is 0 Å². The third-order valence-electron chi connectivity index (χ3n) is 3.27. The molecule has 0 radical (unpaired) electrons. The Kier molecular flexibility index (Phi) is 5.31. The van der Waals surface area contributed by atoms with Crippen LogP contribution in [0.4, 0.5) is 0 Å². The van der Waals surface area contributed by atoms with Crippen LogP contribution in [0.1, 0.15) is 34.6 Å².